The summed E-state index contributed by atoms with van der Waals surface area (Å²) < 4.78 is 28.0. The lowest BCUT2D eigenvalue weighted by molar-refractivity contribution is -0.133. The van der Waals surface area contributed by atoms with Crippen LogP contribution in [-0.2, 0) is 26.0 Å². The number of anilines is 1. The van der Waals surface area contributed by atoms with E-state index in [4.69, 9.17) is 0 Å². The zero-order chi connectivity index (χ0) is 24.3. The quantitative estimate of drug-likeness (QED) is 0.681. The van der Waals surface area contributed by atoms with Crippen LogP contribution in [0.15, 0.2) is 59.5 Å². The second-order valence-corrected chi connectivity index (χ2v) is 11.3. The number of benzene rings is 2. The Hall–Kier alpha value is -2.71. The normalized spacial score (nSPS) is 22.5. The summed E-state index contributed by atoms with van der Waals surface area (Å²) >= 11 is 0. The van der Waals surface area contributed by atoms with Crippen LogP contribution in [0.25, 0.3) is 0 Å². The van der Waals surface area contributed by atoms with Crippen molar-refractivity contribution in [1.29, 1.82) is 0 Å². The van der Waals surface area contributed by atoms with E-state index in [0.717, 1.165) is 42.0 Å². The molecule has 2 fully saturated rings. The summed E-state index contributed by atoms with van der Waals surface area (Å²) in [4.78, 5) is 29.0. The van der Waals surface area contributed by atoms with Crippen molar-refractivity contribution in [2.75, 3.05) is 18.0 Å². The number of amides is 2. The van der Waals surface area contributed by atoms with Gasteiger partial charge < -0.3 is 5.32 Å². The van der Waals surface area contributed by atoms with Crippen LogP contribution in [0, 0.1) is 0 Å². The van der Waals surface area contributed by atoms with Crippen LogP contribution in [0.2, 0.25) is 0 Å². The smallest absolute Gasteiger partial charge is 0.247 e. The number of hydrogen-bond acceptors (Lipinski definition) is 4. The summed E-state index contributed by atoms with van der Waals surface area (Å²) in [6.07, 6.45) is 5.74. The van der Waals surface area contributed by atoms with Gasteiger partial charge in [-0.15, -0.1) is 0 Å². The molecular weight excluding hydrogens is 450 g/mol. The zero-order valence-corrected chi connectivity index (χ0v) is 20.7. The van der Waals surface area contributed by atoms with Crippen LogP contribution in [0.1, 0.15) is 51.5 Å². The van der Waals surface area contributed by atoms with E-state index in [1.54, 1.807) is 25.1 Å². The van der Waals surface area contributed by atoms with Crippen molar-refractivity contribution >= 4 is 27.5 Å². The Morgan fingerprint density at radius 1 is 1.03 bits per heavy atom. The van der Waals surface area contributed by atoms with E-state index in [1.807, 2.05) is 31.2 Å². The molecule has 7 nitrogen and oxygen atoms in total. The summed E-state index contributed by atoms with van der Waals surface area (Å²) in [5, 5.41) is 3.14. The van der Waals surface area contributed by atoms with Crippen molar-refractivity contribution in [3.63, 3.8) is 0 Å². The van der Waals surface area contributed by atoms with E-state index in [-0.39, 0.29) is 29.9 Å². The molecule has 34 heavy (non-hydrogen) atoms. The molecule has 1 N–H and O–H groups in total. The molecule has 182 valence electrons. The first-order valence-corrected chi connectivity index (χ1v) is 13.5. The monoisotopic (exact) mass is 483 g/mol. The van der Waals surface area contributed by atoms with E-state index >= 15 is 0 Å². The third kappa shape index (κ3) is 4.61. The van der Waals surface area contributed by atoms with Crippen molar-refractivity contribution < 1.29 is 18.0 Å². The molecule has 1 atom stereocenters. The topological polar surface area (TPSA) is 86.8 Å². The standard InChI is InChI=1S/C26H33N3O4S/c1-3-20-12-10-11-17-23(20)29-24(30)18-28(34(32,33)22-15-8-5-9-16-22)19-26(29,2)25(31)27-21-13-6-4-7-14-21/h5,8-12,15-17,21H,3-4,6-7,13-14,18-19H2,1-2H3,(H,27,31). The Morgan fingerprint density at radius 3 is 2.35 bits per heavy atom. The maximum absolute atomic E-state index is 13.8. The third-order valence-corrected chi connectivity index (χ3v) is 8.77. The molecule has 0 radical (unpaired) electrons. The highest BCUT2D eigenvalue weighted by Gasteiger charge is 2.51. The van der Waals surface area contributed by atoms with Gasteiger partial charge in [0.2, 0.25) is 21.8 Å². The molecular formula is C26H33N3O4S. The van der Waals surface area contributed by atoms with Gasteiger partial charge in [0, 0.05) is 18.3 Å². The van der Waals surface area contributed by atoms with Gasteiger partial charge in [0.15, 0.2) is 0 Å². The van der Waals surface area contributed by atoms with Crippen molar-refractivity contribution in [2.24, 2.45) is 0 Å². The van der Waals surface area contributed by atoms with Crippen LogP contribution in [0.5, 0.6) is 0 Å². The highest BCUT2D eigenvalue weighted by atomic mass is 32.2. The predicted octanol–water partition coefficient (Wildman–Crippen LogP) is 3.49. The number of carbonyl (C=O) groups is 2. The Balaban J connectivity index is 1.75. The molecule has 0 aromatic heterocycles. The Labute approximate surface area is 202 Å². The molecule has 2 aromatic rings. The minimum atomic E-state index is -3.95. The minimum absolute atomic E-state index is 0.0394. The maximum Gasteiger partial charge on any atom is 0.247 e. The predicted molar refractivity (Wildman–Crippen MR) is 132 cm³/mol. The summed E-state index contributed by atoms with van der Waals surface area (Å²) in [7, 11) is -3.95. The minimum Gasteiger partial charge on any atom is -0.351 e. The average molecular weight is 484 g/mol. The van der Waals surface area contributed by atoms with E-state index in [9.17, 15) is 18.0 Å². The Bertz CT molecular complexity index is 1150. The molecule has 2 amide bonds. The number of hydrogen-bond donors (Lipinski definition) is 1. The van der Waals surface area contributed by atoms with Crippen LogP contribution in [-0.4, -0.2) is 49.2 Å². The molecule has 0 bridgehead atoms. The fourth-order valence-corrected chi connectivity index (χ4v) is 6.57. The van der Waals surface area contributed by atoms with Crippen molar-refractivity contribution in [3.05, 3.63) is 60.2 Å². The van der Waals surface area contributed by atoms with Gasteiger partial charge in [-0.25, -0.2) is 8.42 Å². The fourth-order valence-electron chi connectivity index (χ4n) is 5.07. The van der Waals surface area contributed by atoms with Crippen molar-refractivity contribution in [2.45, 2.75) is 68.8 Å². The summed E-state index contributed by atoms with van der Waals surface area (Å²) in [6.45, 7) is 3.25. The highest BCUT2D eigenvalue weighted by Crippen LogP contribution is 2.34. The first-order valence-electron chi connectivity index (χ1n) is 12.0. The lowest BCUT2D eigenvalue weighted by atomic mass is 9.90. The van der Waals surface area contributed by atoms with Crippen LogP contribution < -0.4 is 10.2 Å². The number of nitrogens with zero attached hydrogens (tertiary/aromatic N) is 2. The molecule has 1 unspecified atom stereocenters. The molecule has 0 spiro atoms. The van der Waals surface area contributed by atoms with E-state index < -0.39 is 21.5 Å². The Kier molecular flexibility index (Phi) is 7.09. The molecule has 1 heterocycles. The number of sulfonamides is 1. The van der Waals surface area contributed by atoms with E-state index in [0.29, 0.717) is 12.1 Å². The first-order chi connectivity index (χ1) is 16.3. The zero-order valence-electron chi connectivity index (χ0n) is 19.9. The second-order valence-electron chi connectivity index (χ2n) is 9.38. The number of carbonyl (C=O) groups excluding carboxylic acids is 2. The molecule has 1 saturated heterocycles. The summed E-state index contributed by atoms with van der Waals surface area (Å²) in [5.74, 6) is -0.723. The molecule has 4 rings (SSSR count). The number of para-hydroxylation sites is 1. The van der Waals surface area contributed by atoms with Gasteiger partial charge in [-0.05, 0) is 49.9 Å². The van der Waals surface area contributed by atoms with E-state index in [2.05, 4.69) is 5.32 Å². The largest absolute Gasteiger partial charge is 0.351 e. The van der Waals surface area contributed by atoms with Gasteiger partial charge in [-0.2, -0.15) is 4.31 Å². The van der Waals surface area contributed by atoms with Gasteiger partial charge in [0.25, 0.3) is 0 Å². The van der Waals surface area contributed by atoms with Crippen LogP contribution >= 0.6 is 0 Å². The molecule has 8 heteroatoms. The van der Waals surface area contributed by atoms with E-state index in [1.165, 1.54) is 17.0 Å². The summed E-state index contributed by atoms with van der Waals surface area (Å²) in [5.41, 5.74) is 0.208. The lowest BCUT2D eigenvalue weighted by Gasteiger charge is -2.47. The van der Waals surface area contributed by atoms with Gasteiger partial charge in [-0.1, -0.05) is 62.6 Å². The molecule has 1 saturated carbocycles. The SMILES string of the molecule is CCc1ccccc1N1C(=O)CN(S(=O)(=O)c2ccccc2)CC1(C)C(=O)NC1CCCCC1. The van der Waals surface area contributed by atoms with Crippen molar-refractivity contribution in [1.82, 2.24) is 9.62 Å². The number of piperazine rings is 1. The third-order valence-electron chi connectivity index (χ3n) is 6.96. The van der Waals surface area contributed by atoms with Crippen LogP contribution in [0.4, 0.5) is 5.69 Å². The lowest BCUT2D eigenvalue weighted by Crippen LogP contribution is -2.71. The van der Waals surface area contributed by atoms with Crippen LogP contribution in [0.3, 0.4) is 0 Å². The second kappa shape index (κ2) is 9.88. The average Bonchev–Trinajstić information content (AvgIpc) is 2.85. The highest BCUT2D eigenvalue weighted by molar-refractivity contribution is 7.89. The molecule has 2 aliphatic rings. The number of nitrogens with one attached hydrogen (secondary N) is 1. The molecule has 2 aromatic carbocycles. The first kappa shape index (κ1) is 24.4. The number of rotatable bonds is 6. The molecule has 1 aliphatic carbocycles. The van der Waals surface area contributed by atoms with Gasteiger partial charge in [0.1, 0.15) is 5.54 Å². The van der Waals surface area contributed by atoms with Gasteiger partial charge in [-0.3, -0.25) is 14.5 Å². The Morgan fingerprint density at radius 2 is 1.68 bits per heavy atom. The van der Waals surface area contributed by atoms with Gasteiger partial charge >= 0.3 is 0 Å². The molecule has 1 aliphatic heterocycles. The van der Waals surface area contributed by atoms with Gasteiger partial charge in [0.05, 0.1) is 11.4 Å². The van der Waals surface area contributed by atoms with Crippen molar-refractivity contribution in [3.8, 4) is 0 Å². The number of aryl methyl sites for hydroxylation is 1. The fraction of sp³-hybridized carbons (Fsp3) is 0.462. The maximum atomic E-state index is 13.8. The summed E-state index contributed by atoms with van der Waals surface area (Å²) in [6, 6.07) is 15.6.